The summed E-state index contributed by atoms with van der Waals surface area (Å²) < 4.78 is 10.8. The van der Waals surface area contributed by atoms with Crippen molar-refractivity contribution in [1.29, 1.82) is 0 Å². The quantitative estimate of drug-likeness (QED) is 0.490. The van der Waals surface area contributed by atoms with Crippen LogP contribution in [0.25, 0.3) is 0 Å². The number of benzene rings is 2. The first-order chi connectivity index (χ1) is 15.1. The van der Waals surface area contributed by atoms with E-state index in [2.05, 4.69) is 26.9 Å². The maximum absolute atomic E-state index is 6.92. The molecule has 1 saturated carbocycles. The number of nitrogens with one attached hydrogen (secondary N) is 3. The van der Waals surface area contributed by atoms with Gasteiger partial charge in [0.15, 0.2) is 11.6 Å². The van der Waals surface area contributed by atoms with Gasteiger partial charge in [-0.2, -0.15) is 5.10 Å². The SMILES string of the molecule is COc1ccc(CN=C2Nc3ccccc3C(N)(c3cc(C4CC4)[nH]n3)N2)c(OC)c1. The Balaban J connectivity index is 1.47. The fourth-order valence-corrected chi connectivity index (χ4v) is 3.92. The zero-order valence-electron chi connectivity index (χ0n) is 17.6. The van der Waals surface area contributed by atoms with E-state index >= 15 is 0 Å². The molecule has 1 fully saturated rings. The van der Waals surface area contributed by atoms with Gasteiger partial charge in [-0.3, -0.25) is 10.8 Å². The molecule has 0 amide bonds. The Bertz CT molecular complexity index is 1140. The van der Waals surface area contributed by atoms with E-state index in [0.717, 1.165) is 39.7 Å². The van der Waals surface area contributed by atoms with Crippen LogP contribution >= 0.6 is 0 Å². The second kappa shape index (κ2) is 7.63. The zero-order valence-corrected chi connectivity index (χ0v) is 17.6. The second-order valence-corrected chi connectivity index (χ2v) is 7.93. The molecule has 5 rings (SSSR count). The number of aromatic amines is 1. The third kappa shape index (κ3) is 3.59. The molecule has 1 aromatic heterocycles. The average Bonchev–Trinajstić information content (AvgIpc) is 3.53. The van der Waals surface area contributed by atoms with E-state index in [-0.39, 0.29) is 0 Å². The summed E-state index contributed by atoms with van der Waals surface area (Å²) in [5, 5.41) is 14.4. The number of hydrogen-bond donors (Lipinski definition) is 4. The summed E-state index contributed by atoms with van der Waals surface area (Å²) >= 11 is 0. The van der Waals surface area contributed by atoms with Crippen LogP contribution in [0.5, 0.6) is 11.5 Å². The highest BCUT2D eigenvalue weighted by Gasteiger charge is 2.40. The van der Waals surface area contributed by atoms with Crippen molar-refractivity contribution in [3.05, 3.63) is 71.0 Å². The van der Waals surface area contributed by atoms with Crippen LogP contribution < -0.4 is 25.8 Å². The first kappa shape index (κ1) is 19.4. The Labute approximate surface area is 180 Å². The van der Waals surface area contributed by atoms with Crippen molar-refractivity contribution < 1.29 is 9.47 Å². The maximum atomic E-state index is 6.92. The van der Waals surface area contributed by atoms with Gasteiger partial charge in [0.05, 0.1) is 20.8 Å². The molecule has 160 valence electrons. The summed E-state index contributed by atoms with van der Waals surface area (Å²) in [5.74, 6) is 2.61. The van der Waals surface area contributed by atoms with Crippen molar-refractivity contribution in [2.75, 3.05) is 19.5 Å². The minimum Gasteiger partial charge on any atom is -0.497 e. The molecule has 0 spiro atoms. The number of rotatable bonds is 6. The van der Waals surface area contributed by atoms with Crippen molar-refractivity contribution in [2.45, 2.75) is 31.0 Å². The predicted octanol–water partition coefficient (Wildman–Crippen LogP) is 3.04. The normalized spacial score (nSPS) is 21.2. The fraction of sp³-hybridized carbons (Fsp3) is 0.304. The molecule has 0 radical (unpaired) electrons. The van der Waals surface area contributed by atoms with Gasteiger partial charge in [-0.1, -0.05) is 18.2 Å². The Morgan fingerprint density at radius 3 is 2.74 bits per heavy atom. The van der Waals surface area contributed by atoms with Crippen LogP contribution in [0.3, 0.4) is 0 Å². The number of ether oxygens (including phenoxy) is 2. The minimum absolute atomic E-state index is 0.411. The minimum atomic E-state index is -0.992. The summed E-state index contributed by atoms with van der Waals surface area (Å²) in [7, 11) is 3.27. The summed E-state index contributed by atoms with van der Waals surface area (Å²) in [5.41, 5.74) is 10.6. The topological polar surface area (TPSA) is 110 Å². The van der Waals surface area contributed by atoms with Crippen LogP contribution in [0.1, 0.15) is 41.3 Å². The van der Waals surface area contributed by atoms with Gasteiger partial charge in [-0.25, -0.2) is 4.99 Å². The predicted molar refractivity (Wildman–Crippen MR) is 119 cm³/mol. The van der Waals surface area contributed by atoms with E-state index in [4.69, 9.17) is 20.2 Å². The first-order valence-electron chi connectivity index (χ1n) is 10.4. The van der Waals surface area contributed by atoms with Crippen LogP contribution in [0, 0.1) is 0 Å². The number of aliphatic imine (C=N–C) groups is 1. The highest BCUT2D eigenvalue weighted by molar-refractivity contribution is 5.98. The lowest BCUT2D eigenvalue weighted by Crippen LogP contribution is -2.59. The number of para-hydroxylation sites is 1. The Morgan fingerprint density at radius 1 is 1.13 bits per heavy atom. The van der Waals surface area contributed by atoms with E-state index in [1.165, 1.54) is 12.8 Å². The number of H-pyrrole nitrogens is 1. The summed E-state index contributed by atoms with van der Waals surface area (Å²) in [4.78, 5) is 4.75. The van der Waals surface area contributed by atoms with Gasteiger partial charge in [0.2, 0.25) is 0 Å². The lowest BCUT2D eigenvalue weighted by molar-refractivity contribution is 0.391. The number of guanidine groups is 1. The van der Waals surface area contributed by atoms with Crippen LogP contribution in [0.4, 0.5) is 5.69 Å². The number of anilines is 1. The van der Waals surface area contributed by atoms with Gasteiger partial charge in [0.25, 0.3) is 0 Å². The van der Waals surface area contributed by atoms with E-state index in [1.807, 2.05) is 42.5 Å². The summed E-state index contributed by atoms with van der Waals surface area (Å²) in [6, 6.07) is 15.7. The molecule has 1 aliphatic carbocycles. The smallest absolute Gasteiger partial charge is 0.198 e. The molecule has 31 heavy (non-hydrogen) atoms. The number of methoxy groups -OCH3 is 2. The van der Waals surface area contributed by atoms with Gasteiger partial charge in [-0.15, -0.1) is 0 Å². The Kier molecular flexibility index (Phi) is 4.78. The number of fused-ring (bicyclic) bond motifs is 1. The van der Waals surface area contributed by atoms with Crippen LogP contribution in [0.15, 0.2) is 53.5 Å². The third-order valence-electron chi connectivity index (χ3n) is 5.84. The average molecular weight is 419 g/mol. The summed E-state index contributed by atoms with van der Waals surface area (Å²) in [6.45, 7) is 0.411. The van der Waals surface area contributed by atoms with Crippen molar-refractivity contribution in [2.24, 2.45) is 10.7 Å². The molecule has 0 saturated heterocycles. The number of nitrogens with two attached hydrogens (primary N) is 1. The van der Waals surface area contributed by atoms with Crippen molar-refractivity contribution in [3.63, 3.8) is 0 Å². The van der Waals surface area contributed by atoms with Gasteiger partial charge >= 0.3 is 0 Å². The monoisotopic (exact) mass is 418 g/mol. The van der Waals surface area contributed by atoms with Crippen molar-refractivity contribution in [3.8, 4) is 11.5 Å². The lowest BCUT2D eigenvalue weighted by atomic mass is 9.93. The molecular weight excluding hydrogens is 392 g/mol. The second-order valence-electron chi connectivity index (χ2n) is 7.93. The Morgan fingerprint density at radius 2 is 1.97 bits per heavy atom. The highest BCUT2D eigenvalue weighted by atomic mass is 16.5. The first-order valence-corrected chi connectivity index (χ1v) is 10.4. The molecule has 2 heterocycles. The van der Waals surface area contributed by atoms with Gasteiger partial charge < -0.3 is 20.1 Å². The van der Waals surface area contributed by atoms with Gasteiger partial charge in [0, 0.05) is 34.5 Å². The largest absolute Gasteiger partial charge is 0.497 e. The lowest BCUT2D eigenvalue weighted by Gasteiger charge is -2.37. The maximum Gasteiger partial charge on any atom is 0.198 e. The van der Waals surface area contributed by atoms with Crippen LogP contribution in [-0.2, 0) is 12.2 Å². The van der Waals surface area contributed by atoms with E-state index in [0.29, 0.717) is 18.4 Å². The number of aromatic nitrogens is 2. The molecule has 1 unspecified atom stereocenters. The molecule has 1 atom stereocenters. The number of hydrogen-bond acceptors (Lipinski definition) is 5. The zero-order chi connectivity index (χ0) is 21.4. The Hall–Kier alpha value is -3.52. The van der Waals surface area contributed by atoms with Crippen molar-refractivity contribution >= 4 is 11.6 Å². The molecule has 2 aromatic carbocycles. The molecular formula is C23H26N6O2. The van der Waals surface area contributed by atoms with Crippen LogP contribution in [0.2, 0.25) is 0 Å². The molecule has 8 nitrogen and oxygen atoms in total. The fourth-order valence-electron chi connectivity index (χ4n) is 3.92. The van der Waals surface area contributed by atoms with E-state index in [9.17, 15) is 0 Å². The van der Waals surface area contributed by atoms with E-state index in [1.54, 1.807) is 14.2 Å². The van der Waals surface area contributed by atoms with E-state index < -0.39 is 5.66 Å². The van der Waals surface area contributed by atoms with Crippen molar-refractivity contribution in [1.82, 2.24) is 15.5 Å². The van der Waals surface area contributed by atoms with Gasteiger partial charge in [-0.05, 0) is 37.1 Å². The standard InChI is InChI=1S/C23H26N6O2/c1-30-16-10-9-15(20(11-16)31-2)13-25-22-26-18-6-4-3-5-17(18)23(24,27-22)21-12-19(28-29-21)14-7-8-14/h3-6,9-12,14H,7-8,13,24H2,1-2H3,(H,28,29)(H2,25,26,27). The third-order valence-corrected chi connectivity index (χ3v) is 5.84. The molecule has 2 aliphatic rings. The molecule has 1 aliphatic heterocycles. The highest BCUT2D eigenvalue weighted by Crippen LogP contribution is 2.41. The number of nitrogens with zero attached hydrogens (tertiary/aromatic N) is 2. The van der Waals surface area contributed by atoms with Gasteiger partial charge in [0.1, 0.15) is 17.2 Å². The molecule has 5 N–H and O–H groups in total. The summed E-state index contributed by atoms with van der Waals surface area (Å²) in [6.07, 6.45) is 2.39. The molecule has 8 heteroatoms. The molecule has 0 bridgehead atoms. The van der Waals surface area contributed by atoms with Crippen LogP contribution in [-0.4, -0.2) is 30.4 Å². The molecule has 3 aromatic rings.